The molecule has 0 spiro atoms. The molecule has 0 fully saturated rings. The van der Waals surface area contributed by atoms with E-state index in [4.69, 9.17) is 13.7 Å². The van der Waals surface area contributed by atoms with Crippen molar-refractivity contribution < 1.29 is 26.9 Å². The Bertz CT molecular complexity index is 918. The molecule has 0 saturated carbocycles. The van der Waals surface area contributed by atoms with Gasteiger partial charge >= 0.3 is 16.1 Å². The average molecular weight is 376 g/mol. The molecule has 1 heterocycles. The summed E-state index contributed by atoms with van der Waals surface area (Å²) in [6, 6.07) is 13.4. The second kappa shape index (κ2) is 6.64. The molecule has 2 aromatic carbocycles. The second-order valence-corrected chi connectivity index (χ2v) is 8.39. The lowest BCUT2D eigenvalue weighted by Gasteiger charge is -2.25. The number of ether oxygens (including phenoxy) is 2. The van der Waals surface area contributed by atoms with Gasteiger partial charge in [0.25, 0.3) is 6.29 Å². The summed E-state index contributed by atoms with van der Waals surface area (Å²) in [5, 5.41) is 0. The summed E-state index contributed by atoms with van der Waals surface area (Å²) in [5.74, 6) is 0.127. The molecule has 1 aliphatic rings. The molecule has 0 bridgehead atoms. The van der Waals surface area contributed by atoms with Gasteiger partial charge in [0.15, 0.2) is 0 Å². The first-order chi connectivity index (χ1) is 12.2. The van der Waals surface area contributed by atoms with Crippen LogP contribution in [0.3, 0.4) is 0 Å². The first kappa shape index (κ1) is 18.3. The molecular formula is C19H20O6S. The lowest BCUT2D eigenvalue weighted by atomic mass is 9.85. The van der Waals surface area contributed by atoms with Crippen molar-refractivity contribution in [2.24, 2.45) is 0 Å². The quantitative estimate of drug-likeness (QED) is 0.589. The van der Waals surface area contributed by atoms with E-state index in [0.717, 1.165) is 0 Å². The summed E-state index contributed by atoms with van der Waals surface area (Å²) in [6.45, 7) is 5.23. The predicted molar refractivity (Wildman–Crippen MR) is 95.8 cm³/mol. The SMILES string of the molecule is CCS(=O)(=O)Oc1ccc2c(c1)C(C)(C)C(OC(=O)c1ccccc1)O2. The molecule has 0 N–H and O–H groups in total. The van der Waals surface area contributed by atoms with Crippen molar-refractivity contribution in [2.45, 2.75) is 32.5 Å². The molecule has 7 heteroatoms. The van der Waals surface area contributed by atoms with Crippen molar-refractivity contribution >= 4 is 16.1 Å². The number of carbonyl (C=O) groups excluding carboxylic acids is 1. The number of carbonyl (C=O) groups is 1. The molecule has 0 aromatic heterocycles. The number of benzene rings is 2. The van der Waals surface area contributed by atoms with Gasteiger partial charge in [-0.1, -0.05) is 18.2 Å². The lowest BCUT2D eigenvalue weighted by Crippen LogP contribution is -2.36. The monoisotopic (exact) mass is 376 g/mol. The second-order valence-electron chi connectivity index (χ2n) is 6.53. The van der Waals surface area contributed by atoms with E-state index in [2.05, 4.69) is 0 Å². The summed E-state index contributed by atoms with van der Waals surface area (Å²) in [4.78, 5) is 12.3. The molecule has 138 valence electrons. The fourth-order valence-corrected chi connectivity index (χ4v) is 3.19. The zero-order valence-corrected chi connectivity index (χ0v) is 15.6. The van der Waals surface area contributed by atoms with Crippen molar-refractivity contribution in [3.63, 3.8) is 0 Å². The van der Waals surface area contributed by atoms with Crippen LogP contribution in [0.25, 0.3) is 0 Å². The Hall–Kier alpha value is -2.54. The number of hydrogen-bond donors (Lipinski definition) is 0. The first-order valence-electron chi connectivity index (χ1n) is 8.22. The normalized spacial score (nSPS) is 17.9. The summed E-state index contributed by atoms with van der Waals surface area (Å²) in [6.07, 6.45) is -0.830. The van der Waals surface area contributed by atoms with Crippen LogP contribution in [0.1, 0.15) is 36.7 Å². The first-order valence-corrected chi connectivity index (χ1v) is 9.80. The molecule has 1 aliphatic heterocycles. The van der Waals surface area contributed by atoms with Crippen LogP contribution in [0.2, 0.25) is 0 Å². The third-order valence-corrected chi connectivity index (χ3v) is 5.42. The van der Waals surface area contributed by atoms with E-state index in [1.54, 1.807) is 36.4 Å². The number of esters is 1. The van der Waals surface area contributed by atoms with Gasteiger partial charge in [0.05, 0.1) is 16.7 Å². The molecule has 0 saturated heterocycles. The maximum atomic E-state index is 12.3. The Balaban J connectivity index is 1.83. The van der Waals surface area contributed by atoms with Crippen LogP contribution in [0.5, 0.6) is 11.5 Å². The third kappa shape index (κ3) is 3.53. The van der Waals surface area contributed by atoms with E-state index in [-0.39, 0.29) is 11.5 Å². The van der Waals surface area contributed by atoms with Crippen LogP contribution in [-0.4, -0.2) is 26.4 Å². The molecule has 2 aromatic rings. The van der Waals surface area contributed by atoms with E-state index in [1.165, 1.54) is 13.0 Å². The van der Waals surface area contributed by atoms with Gasteiger partial charge in [-0.3, -0.25) is 0 Å². The highest BCUT2D eigenvalue weighted by molar-refractivity contribution is 7.87. The number of rotatable bonds is 5. The third-order valence-electron chi connectivity index (χ3n) is 4.27. The molecular weight excluding hydrogens is 356 g/mol. The van der Waals surface area contributed by atoms with Gasteiger partial charge in [0, 0.05) is 5.56 Å². The maximum absolute atomic E-state index is 12.3. The Kier molecular flexibility index (Phi) is 4.66. The maximum Gasteiger partial charge on any atom is 0.341 e. The largest absolute Gasteiger partial charge is 0.453 e. The summed E-state index contributed by atoms with van der Waals surface area (Å²) >= 11 is 0. The predicted octanol–water partition coefficient (Wildman–Crippen LogP) is 3.27. The number of fused-ring (bicyclic) bond motifs is 1. The Labute approximate surface area is 152 Å². The molecule has 26 heavy (non-hydrogen) atoms. The van der Waals surface area contributed by atoms with Crippen molar-refractivity contribution in [1.82, 2.24) is 0 Å². The summed E-state index contributed by atoms with van der Waals surface area (Å²) in [7, 11) is -3.62. The van der Waals surface area contributed by atoms with E-state index >= 15 is 0 Å². The van der Waals surface area contributed by atoms with Gasteiger partial charge in [0.1, 0.15) is 11.5 Å². The highest BCUT2D eigenvalue weighted by atomic mass is 32.2. The molecule has 0 amide bonds. The van der Waals surface area contributed by atoms with Gasteiger partial charge in [-0.15, -0.1) is 0 Å². The Morgan fingerprint density at radius 2 is 1.85 bits per heavy atom. The summed E-state index contributed by atoms with van der Waals surface area (Å²) < 4.78 is 39.7. The van der Waals surface area contributed by atoms with Crippen LogP contribution >= 0.6 is 0 Å². The molecule has 0 aliphatic carbocycles. The van der Waals surface area contributed by atoms with Crippen LogP contribution < -0.4 is 8.92 Å². The van der Waals surface area contributed by atoms with Gasteiger partial charge in [-0.25, -0.2) is 4.79 Å². The lowest BCUT2D eigenvalue weighted by molar-refractivity contribution is -0.0684. The molecule has 0 radical (unpaired) electrons. The van der Waals surface area contributed by atoms with Gasteiger partial charge in [0.2, 0.25) is 0 Å². The summed E-state index contributed by atoms with van der Waals surface area (Å²) in [5.41, 5.74) is 0.475. The van der Waals surface area contributed by atoms with Crippen LogP contribution in [0.15, 0.2) is 48.5 Å². The van der Waals surface area contributed by atoms with Crippen LogP contribution in [0, 0.1) is 0 Å². The topological polar surface area (TPSA) is 78.9 Å². The standard InChI is InChI=1S/C19H20O6S/c1-4-26(21,22)25-14-10-11-16-15(12-14)19(2,3)18(23-16)24-17(20)13-8-6-5-7-9-13/h5-12,18H,4H2,1-3H3. The van der Waals surface area contributed by atoms with Crippen molar-refractivity contribution in [2.75, 3.05) is 5.75 Å². The van der Waals surface area contributed by atoms with Crippen molar-refractivity contribution in [3.05, 3.63) is 59.7 Å². The van der Waals surface area contributed by atoms with Crippen molar-refractivity contribution in [1.29, 1.82) is 0 Å². The Morgan fingerprint density at radius 3 is 2.50 bits per heavy atom. The molecule has 6 nitrogen and oxygen atoms in total. The van der Waals surface area contributed by atoms with Gasteiger partial charge in [-0.05, 0) is 51.1 Å². The molecule has 1 atom stereocenters. The zero-order chi connectivity index (χ0) is 18.9. The van der Waals surface area contributed by atoms with Gasteiger partial charge in [-0.2, -0.15) is 8.42 Å². The highest BCUT2D eigenvalue weighted by Crippen LogP contribution is 2.45. The zero-order valence-electron chi connectivity index (χ0n) is 14.8. The van der Waals surface area contributed by atoms with Crippen LogP contribution in [-0.2, 0) is 20.3 Å². The minimum absolute atomic E-state index is 0.124. The minimum atomic E-state index is -3.62. The minimum Gasteiger partial charge on any atom is -0.453 e. The molecule has 3 rings (SSSR count). The van der Waals surface area contributed by atoms with E-state index in [0.29, 0.717) is 16.9 Å². The molecule has 1 unspecified atom stereocenters. The Morgan fingerprint density at radius 1 is 1.15 bits per heavy atom. The van der Waals surface area contributed by atoms with Gasteiger partial charge < -0.3 is 13.7 Å². The average Bonchev–Trinajstić information content (AvgIpc) is 2.86. The van der Waals surface area contributed by atoms with E-state index < -0.39 is 27.8 Å². The van der Waals surface area contributed by atoms with E-state index in [9.17, 15) is 13.2 Å². The fraction of sp³-hybridized carbons (Fsp3) is 0.316. The van der Waals surface area contributed by atoms with Crippen LogP contribution in [0.4, 0.5) is 0 Å². The highest BCUT2D eigenvalue weighted by Gasteiger charge is 2.45. The smallest absolute Gasteiger partial charge is 0.341 e. The fourth-order valence-electron chi connectivity index (χ4n) is 2.67. The number of hydrogen-bond acceptors (Lipinski definition) is 6. The van der Waals surface area contributed by atoms with Crippen molar-refractivity contribution in [3.8, 4) is 11.5 Å². The van der Waals surface area contributed by atoms with E-state index in [1.807, 2.05) is 19.9 Å².